The van der Waals surface area contributed by atoms with E-state index in [0.717, 1.165) is 4.31 Å². The highest BCUT2D eigenvalue weighted by molar-refractivity contribution is 7.89. The van der Waals surface area contributed by atoms with Crippen LogP contribution in [0.3, 0.4) is 0 Å². The van der Waals surface area contributed by atoms with Crippen LogP contribution < -0.4 is 0 Å². The van der Waals surface area contributed by atoms with Crippen molar-refractivity contribution in [2.75, 3.05) is 13.2 Å². The van der Waals surface area contributed by atoms with Gasteiger partial charge in [-0.2, -0.15) is 0 Å². The Kier molecular flexibility index (Phi) is 6.40. The molecule has 2 atom stereocenters. The van der Waals surface area contributed by atoms with Gasteiger partial charge in [-0.15, -0.1) is 0 Å². The lowest BCUT2D eigenvalue weighted by Gasteiger charge is -2.37. The number of carbonyl (C=O) groups excluding carboxylic acids is 2. The van der Waals surface area contributed by atoms with E-state index in [2.05, 4.69) is 0 Å². The van der Waals surface area contributed by atoms with Crippen molar-refractivity contribution >= 4 is 22.0 Å². The maximum Gasteiger partial charge on any atom is 0.412 e. The van der Waals surface area contributed by atoms with E-state index >= 15 is 0 Å². The van der Waals surface area contributed by atoms with Crippen molar-refractivity contribution in [1.82, 2.24) is 9.21 Å². The first kappa shape index (κ1) is 23.5. The van der Waals surface area contributed by atoms with Crippen molar-refractivity contribution < 1.29 is 27.5 Å². The van der Waals surface area contributed by atoms with E-state index in [0.29, 0.717) is 19.3 Å². The second-order valence-electron chi connectivity index (χ2n) is 9.57. The Bertz CT molecular complexity index is 923. The molecule has 9 heteroatoms. The second-order valence-corrected chi connectivity index (χ2v) is 11.4. The van der Waals surface area contributed by atoms with Crippen molar-refractivity contribution in [3.05, 3.63) is 30.3 Å². The molecule has 172 valence electrons. The molecule has 0 N–H and O–H groups in total. The highest BCUT2D eigenvalue weighted by Crippen LogP contribution is 2.35. The summed E-state index contributed by atoms with van der Waals surface area (Å²) in [5.41, 5.74) is -1.54. The van der Waals surface area contributed by atoms with Crippen LogP contribution in [0.25, 0.3) is 0 Å². The molecule has 2 amide bonds. The lowest BCUT2D eigenvalue weighted by Crippen LogP contribution is -2.52. The van der Waals surface area contributed by atoms with Crippen molar-refractivity contribution in [3.8, 4) is 0 Å². The number of sulfonamides is 1. The Hall–Kier alpha value is -2.13. The molecule has 2 fully saturated rings. The van der Waals surface area contributed by atoms with Crippen LogP contribution in [0.15, 0.2) is 35.2 Å². The summed E-state index contributed by atoms with van der Waals surface area (Å²) in [6.07, 6.45) is 0.962. The van der Waals surface area contributed by atoms with Gasteiger partial charge < -0.3 is 9.47 Å². The SMILES string of the molecule is CC(C)(C)OC(=O)N1[C@H](CC2CCCN(S(=O)(=O)c3ccccc3)C2=O)COC1(C)C. The van der Waals surface area contributed by atoms with Crippen LogP contribution in [0.1, 0.15) is 53.9 Å². The number of benzene rings is 1. The minimum Gasteiger partial charge on any atom is -0.444 e. The van der Waals surface area contributed by atoms with Crippen molar-refractivity contribution in [1.29, 1.82) is 0 Å². The first-order valence-electron chi connectivity index (χ1n) is 10.6. The van der Waals surface area contributed by atoms with Gasteiger partial charge in [0, 0.05) is 12.5 Å². The molecule has 0 aromatic heterocycles. The van der Waals surface area contributed by atoms with E-state index in [4.69, 9.17) is 9.47 Å². The number of rotatable bonds is 4. The number of carbonyl (C=O) groups is 2. The monoisotopic (exact) mass is 452 g/mol. The molecular weight excluding hydrogens is 420 g/mol. The molecule has 2 saturated heterocycles. The molecule has 3 rings (SSSR count). The van der Waals surface area contributed by atoms with Crippen LogP contribution in [-0.2, 0) is 24.3 Å². The normalized spacial score (nSPS) is 24.4. The molecule has 1 unspecified atom stereocenters. The van der Waals surface area contributed by atoms with E-state index in [1.165, 1.54) is 17.0 Å². The Morgan fingerprint density at radius 3 is 2.48 bits per heavy atom. The van der Waals surface area contributed by atoms with Crippen LogP contribution in [0, 0.1) is 5.92 Å². The average molecular weight is 453 g/mol. The zero-order chi connectivity index (χ0) is 23.0. The van der Waals surface area contributed by atoms with E-state index in [9.17, 15) is 18.0 Å². The first-order valence-corrected chi connectivity index (χ1v) is 12.0. The lowest BCUT2D eigenvalue weighted by molar-refractivity contribution is -0.133. The van der Waals surface area contributed by atoms with Crippen LogP contribution in [0.5, 0.6) is 0 Å². The predicted octanol–water partition coefficient (Wildman–Crippen LogP) is 3.38. The fourth-order valence-electron chi connectivity index (χ4n) is 4.16. The summed E-state index contributed by atoms with van der Waals surface area (Å²) < 4.78 is 38.4. The number of nitrogens with zero attached hydrogens (tertiary/aromatic N) is 2. The highest BCUT2D eigenvalue weighted by Gasteiger charge is 2.48. The molecule has 0 spiro atoms. The van der Waals surface area contributed by atoms with Gasteiger partial charge in [-0.25, -0.2) is 17.5 Å². The molecule has 0 saturated carbocycles. The van der Waals surface area contributed by atoms with E-state index in [-0.39, 0.29) is 24.1 Å². The smallest absolute Gasteiger partial charge is 0.412 e. The summed E-state index contributed by atoms with van der Waals surface area (Å²) in [6.45, 7) is 9.37. The third-order valence-corrected chi connectivity index (χ3v) is 7.37. The summed E-state index contributed by atoms with van der Waals surface area (Å²) in [6, 6.07) is 7.60. The zero-order valence-electron chi connectivity index (χ0n) is 18.8. The lowest BCUT2D eigenvalue weighted by atomic mass is 9.91. The molecule has 2 heterocycles. The van der Waals surface area contributed by atoms with Crippen molar-refractivity contribution in [2.45, 2.75) is 76.1 Å². The highest BCUT2D eigenvalue weighted by atomic mass is 32.2. The topological polar surface area (TPSA) is 93.2 Å². The molecule has 8 nitrogen and oxygen atoms in total. The molecule has 0 radical (unpaired) electrons. The largest absolute Gasteiger partial charge is 0.444 e. The van der Waals surface area contributed by atoms with Crippen LogP contribution >= 0.6 is 0 Å². The fourth-order valence-corrected chi connectivity index (χ4v) is 5.67. The molecule has 2 aliphatic rings. The number of hydrogen-bond acceptors (Lipinski definition) is 6. The Morgan fingerprint density at radius 2 is 1.87 bits per heavy atom. The van der Waals surface area contributed by atoms with Gasteiger partial charge in [-0.1, -0.05) is 18.2 Å². The molecule has 31 heavy (non-hydrogen) atoms. The van der Waals surface area contributed by atoms with Crippen LogP contribution in [0.2, 0.25) is 0 Å². The van der Waals surface area contributed by atoms with Crippen molar-refractivity contribution in [3.63, 3.8) is 0 Å². The molecular formula is C22H32N2O6S. The summed E-state index contributed by atoms with van der Waals surface area (Å²) in [5, 5.41) is 0. The minimum atomic E-state index is -3.91. The maximum atomic E-state index is 13.2. The standard InChI is InChI=1S/C22H32N2O6S/c1-21(2,3)30-20(26)24-17(15-29-22(24,4)5)14-16-10-9-13-23(19(16)25)31(27,28)18-11-7-6-8-12-18/h6-8,11-12,16-17H,9-10,13-15H2,1-5H3/t16?,17-/m1/s1. The molecule has 1 aromatic carbocycles. The van der Waals surface area contributed by atoms with Gasteiger partial charge in [0.2, 0.25) is 5.91 Å². The van der Waals surface area contributed by atoms with Gasteiger partial charge >= 0.3 is 6.09 Å². The summed E-state index contributed by atoms with van der Waals surface area (Å²) in [5.74, 6) is -0.941. The summed E-state index contributed by atoms with van der Waals surface area (Å²) in [4.78, 5) is 27.7. The number of piperidine rings is 1. The van der Waals surface area contributed by atoms with E-state index in [1.54, 1.807) is 52.8 Å². The van der Waals surface area contributed by atoms with Crippen molar-refractivity contribution in [2.24, 2.45) is 5.92 Å². The third kappa shape index (κ3) is 5.03. The quantitative estimate of drug-likeness (QED) is 0.695. The minimum absolute atomic E-state index is 0.102. The van der Waals surface area contributed by atoms with Gasteiger partial charge in [-0.05, 0) is 66.0 Å². The maximum absolute atomic E-state index is 13.2. The number of amides is 2. The average Bonchev–Trinajstić information content (AvgIpc) is 2.96. The summed E-state index contributed by atoms with van der Waals surface area (Å²) >= 11 is 0. The zero-order valence-corrected chi connectivity index (χ0v) is 19.6. The first-order chi connectivity index (χ1) is 14.3. The van der Waals surface area contributed by atoms with Gasteiger partial charge in [-0.3, -0.25) is 9.69 Å². The van der Waals surface area contributed by atoms with E-state index < -0.39 is 39.3 Å². The van der Waals surface area contributed by atoms with E-state index in [1.807, 2.05) is 0 Å². The van der Waals surface area contributed by atoms with Gasteiger partial charge in [0.15, 0.2) is 0 Å². The van der Waals surface area contributed by atoms with Gasteiger partial charge in [0.1, 0.15) is 11.3 Å². The Morgan fingerprint density at radius 1 is 1.23 bits per heavy atom. The Balaban J connectivity index is 1.78. The van der Waals surface area contributed by atoms with Gasteiger partial charge in [0.05, 0.1) is 17.5 Å². The molecule has 0 bridgehead atoms. The van der Waals surface area contributed by atoms with Crippen LogP contribution in [-0.4, -0.2) is 60.1 Å². The molecule has 1 aromatic rings. The third-order valence-electron chi connectivity index (χ3n) is 5.56. The molecule has 2 aliphatic heterocycles. The fraction of sp³-hybridized carbons (Fsp3) is 0.636. The van der Waals surface area contributed by atoms with Gasteiger partial charge in [0.25, 0.3) is 10.0 Å². The number of hydrogen-bond donors (Lipinski definition) is 0. The second kappa shape index (κ2) is 8.43. The molecule has 0 aliphatic carbocycles. The van der Waals surface area contributed by atoms with Crippen LogP contribution in [0.4, 0.5) is 4.79 Å². The predicted molar refractivity (Wildman–Crippen MR) is 115 cm³/mol. The number of ether oxygens (including phenoxy) is 2. The Labute approximate surface area is 184 Å². The summed E-state index contributed by atoms with van der Waals surface area (Å²) in [7, 11) is -3.91.